The lowest BCUT2D eigenvalue weighted by Crippen LogP contribution is -2.55. The van der Waals surface area contributed by atoms with Gasteiger partial charge >= 0.3 is 6.09 Å². The summed E-state index contributed by atoms with van der Waals surface area (Å²) in [5, 5.41) is 0. The van der Waals surface area contributed by atoms with E-state index >= 15 is 0 Å². The first kappa shape index (κ1) is 18.5. The second-order valence-corrected chi connectivity index (χ2v) is 7.61. The van der Waals surface area contributed by atoms with Gasteiger partial charge in [-0.3, -0.25) is 9.69 Å². The van der Waals surface area contributed by atoms with Gasteiger partial charge in [-0.25, -0.2) is 4.79 Å². The van der Waals surface area contributed by atoms with E-state index in [0.717, 1.165) is 65.0 Å². The largest absolute Gasteiger partial charge is 0.450 e. The minimum Gasteiger partial charge on any atom is -0.450 e. The van der Waals surface area contributed by atoms with Gasteiger partial charge in [-0.2, -0.15) is 0 Å². The van der Waals surface area contributed by atoms with Gasteiger partial charge in [-0.15, -0.1) is 0 Å². The third-order valence-corrected chi connectivity index (χ3v) is 6.09. The van der Waals surface area contributed by atoms with Crippen LogP contribution < -0.4 is 0 Å². The van der Waals surface area contributed by atoms with Crippen molar-refractivity contribution in [1.29, 1.82) is 0 Å². The summed E-state index contributed by atoms with van der Waals surface area (Å²) >= 11 is 0. The Balaban J connectivity index is 1.41. The highest BCUT2D eigenvalue weighted by Gasteiger charge is 2.32. The fraction of sp³-hybridized carbons (Fsp3) is 0.895. The summed E-state index contributed by atoms with van der Waals surface area (Å²) in [5.74, 6) is 0.685. The van der Waals surface area contributed by atoms with Crippen molar-refractivity contribution in [1.82, 2.24) is 14.7 Å². The predicted octanol–water partition coefficient (Wildman–Crippen LogP) is 2.33. The Labute approximate surface area is 151 Å². The molecule has 142 valence electrons. The van der Waals surface area contributed by atoms with Crippen molar-refractivity contribution in [3.05, 3.63) is 0 Å². The molecule has 3 rings (SSSR count). The second-order valence-electron chi connectivity index (χ2n) is 7.61. The molecule has 3 fully saturated rings. The van der Waals surface area contributed by atoms with Crippen LogP contribution in [0.1, 0.15) is 51.9 Å². The lowest BCUT2D eigenvalue weighted by Gasteiger charge is -2.43. The normalized spacial score (nSPS) is 24.4. The molecular formula is C19H33N3O3. The Morgan fingerprint density at radius 1 is 0.840 bits per heavy atom. The summed E-state index contributed by atoms with van der Waals surface area (Å²) in [5.41, 5.74) is 0. The summed E-state index contributed by atoms with van der Waals surface area (Å²) < 4.78 is 5.09. The number of carbonyl (C=O) groups excluding carboxylic acids is 2. The van der Waals surface area contributed by atoms with Crippen molar-refractivity contribution in [2.45, 2.75) is 57.9 Å². The van der Waals surface area contributed by atoms with Crippen molar-refractivity contribution in [3.63, 3.8) is 0 Å². The van der Waals surface area contributed by atoms with Gasteiger partial charge in [0.2, 0.25) is 5.91 Å². The molecule has 0 N–H and O–H groups in total. The van der Waals surface area contributed by atoms with Crippen LogP contribution in [0.4, 0.5) is 4.79 Å². The van der Waals surface area contributed by atoms with Crippen LogP contribution in [0.2, 0.25) is 0 Å². The zero-order valence-corrected chi connectivity index (χ0v) is 15.6. The van der Waals surface area contributed by atoms with Crippen LogP contribution in [0, 0.1) is 5.92 Å². The van der Waals surface area contributed by atoms with E-state index in [-0.39, 0.29) is 12.0 Å². The number of amides is 2. The van der Waals surface area contributed by atoms with Gasteiger partial charge in [0.05, 0.1) is 6.61 Å². The number of piperazine rings is 1. The molecule has 0 bridgehead atoms. The van der Waals surface area contributed by atoms with E-state index in [4.69, 9.17) is 4.74 Å². The highest BCUT2D eigenvalue weighted by atomic mass is 16.6. The molecular weight excluding hydrogens is 318 g/mol. The molecule has 2 saturated heterocycles. The van der Waals surface area contributed by atoms with E-state index in [1.54, 1.807) is 0 Å². The topological polar surface area (TPSA) is 53.1 Å². The van der Waals surface area contributed by atoms with Crippen LogP contribution in [0.3, 0.4) is 0 Å². The Kier molecular flexibility index (Phi) is 6.57. The maximum absolute atomic E-state index is 12.7. The Hall–Kier alpha value is -1.30. The lowest BCUT2D eigenvalue weighted by atomic mass is 9.88. The number of hydrogen-bond donors (Lipinski definition) is 0. The molecule has 2 aliphatic heterocycles. The molecule has 6 nitrogen and oxygen atoms in total. The Morgan fingerprint density at radius 3 is 2.08 bits per heavy atom. The third-order valence-electron chi connectivity index (χ3n) is 6.09. The van der Waals surface area contributed by atoms with Crippen LogP contribution in [0.25, 0.3) is 0 Å². The number of carbonyl (C=O) groups is 2. The van der Waals surface area contributed by atoms with E-state index < -0.39 is 0 Å². The van der Waals surface area contributed by atoms with Crippen LogP contribution in [-0.4, -0.2) is 78.6 Å². The van der Waals surface area contributed by atoms with Gasteiger partial charge in [0.15, 0.2) is 0 Å². The molecule has 0 atom stereocenters. The van der Waals surface area contributed by atoms with Gasteiger partial charge in [0, 0.05) is 51.2 Å². The Bertz CT molecular complexity index is 449. The maximum Gasteiger partial charge on any atom is 0.409 e. The molecule has 1 saturated carbocycles. The van der Waals surface area contributed by atoms with E-state index in [2.05, 4.69) is 9.80 Å². The van der Waals surface area contributed by atoms with Crippen LogP contribution in [0.15, 0.2) is 0 Å². The number of likely N-dealkylation sites (tertiary alicyclic amines) is 1. The van der Waals surface area contributed by atoms with E-state index in [1.165, 1.54) is 19.3 Å². The minimum atomic E-state index is -0.177. The molecule has 3 aliphatic rings. The third kappa shape index (κ3) is 4.66. The molecule has 25 heavy (non-hydrogen) atoms. The van der Waals surface area contributed by atoms with E-state index in [0.29, 0.717) is 18.6 Å². The fourth-order valence-corrected chi connectivity index (χ4v) is 4.54. The first-order valence-electron chi connectivity index (χ1n) is 10.1. The summed E-state index contributed by atoms with van der Waals surface area (Å²) in [6.45, 7) is 7.54. The van der Waals surface area contributed by atoms with Crippen molar-refractivity contribution >= 4 is 12.0 Å². The number of rotatable bonds is 3. The SMILES string of the molecule is CCOC(=O)N1CCC(N2CCN(C(=O)C3CCCCC3)CC2)CC1. The highest BCUT2D eigenvalue weighted by Crippen LogP contribution is 2.26. The number of nitrogens with zero attached hydrogens (tertiary/aromatic N) is 3. The smallest absolute Gasteiger partial charge is 0.409 e. The van der Waals surface area contributed by atoms with Crippen molar-refractivity contribution in [2.75, 3.05) is 45.9 Å². The Morgan fingerprint density at radius 2 is 1.48 bits per heavy atom. The summed E-state index contributed by atoms with van der Waals surface area (Å²) in [6, 6.07) is 0.539. The van der Waals surface area contributed by atoms with Crippen LogP contribution in [-0.2, 0) is 9.53 Å². The predicted molar refractivity (Wildman–Crippen MR) is 96.3 cm³/mol. The first-order chi connectivity index (χ1) is 12.2. The number of hydrogen-bond acceptors (Lipinski definition) is 4. The van der Waals surface area contributed by atoms with Crippen molar-refractivity contribution in [2.24, 2.45) is 5.92 Å². The van der Waals surface area contributed by atoms with Crippen molar-refractivity contribution < 1.29 is 14.3 Å². The molecule has 0 radical (unpaired) electrons. The van der Waals surface area contributed by atoms with Gasteiger partial charge in [0.25, 0.3) is 0 Å². The van der Waals surface area contributed by atoms with Gasteiger partial charge in [0.1, 0.15) is 0 Å². The van der Waals surface area contributed by atoms with E-state index in [1.807, 2.05) is 11.8 Å². The zero-order chi connectivity index (χ0) is 17.6. The molecule has 0 aromatic carbocycles. The van der Waals surface area contributed by atoms with Gasteiger partial charge in [-0.1, -0.05) is 19.3 Å². The van der Waals surface area contributed by atoms with Gasteiger partial charge < -0.3 is 14.5 Å². The molecule has 0 spiro atoms. The highest BCUT2D eigenvalue weighted by molar-refractivity contribution is 5.79. The molecule has 2 heterocycles. The molecule has 2 amide bonds. The van der Waals surface area contributed by atoms with Crippen LogP contribution >= 0.6 is 0 Å². The molecule has 0 aromatic rings. The molecule has 0 aromatic heterocycles. The fourth-order valence-electron chi connectivity index (χ4n) is 4.54. The monoisotopic (exact) mass is 351 g/mol. The van der Waals surface area contributed by atoms with Gasteiger partial charge in [-0.05, 0) is 32.6 Å². The number of piperidine rings is 1. The van der Waals surface area contributed by atoms with Crippen LogP contribution in [0.5, 0.6) is 0 Å². The quantitative estimate of drug-likeness (QED) is 0.783. The summed E-state index contributed by atoms with van der Waals surface area (Å²) in [6.07, 6.45) is 7.75. The zero-order valence-electron chi connectivity index (χ0n) is 15.6. The second kappa shape index (κ2) is 8.88. The summed E-state index contributed by atoms with van der Waals surface area (Å²) in [7, 11) is 0. The van der Waals surface area contributed by atoms with E-state index in [9.17, 15) is 9.59 Å². The lowest BCUT2D eigenvalue weighted by molar-refractivity contribution is -0.138. The standard InChI is InChI=1S/C19H33N3O3/c1-2-25-19(24)22-10-8-17(9-11-22)20-12-14-21(15-13-20)18(23)16-6-4-3-5-7-16/h16-17H,2-15H2,1H3. The minimum absolute atomic E-state index is 0.177. The molecule has 1 aliphatic carbocycles. The first-order valence-corrected chi connectivity index (χ1v) is 10.1. The maximum atomic E-state index is 12.7. The average Bonchev–Trinajstić information content (AvgIpc) is 2.68. The summed E-state index contributed by atoms with van der Waals surface area (Å²) in [4.78, 5) is 30.9. The van der Waals surface area contributed by atoms with Crippen molar-refractivity contribution in [3.8, 4) is 0 Å². The molecule has 0 unspecified atom stereocenters. The molecule has 6 heteroatoms. The number of ether oxygens (including phenoxy) is 1. The average molecular weight is 351 g/mol.